The maximum absolute atomic E-state index is 11.6. The smallest absolute Gasteiger partial charge is 0.251 e. The van der Waals surface area contributed by atoms with Crippen LogP contribution in [0, 0.1) is 0 Å². The number of H-pyrrole nitrogens is 1. The fraction of sp³-hybridized carbons (Fsp3) is 0.692. The van der Waals surface area contributed by atoms with Crippen molar-refractivity contribution < 1.29 is 0 Å². The van der Waals surface area contributed by atoms with E-state index in [1.807, 2.05) is 20.8 Å². The van der Waals surface area contributed by atoms with Gasteiger partial charge in [0.15, 0.2) is 0 Å². The van der Waals surface area contributed by atoms with Crippen LogP contribution in [0.2, 0.25) is 0 Å². The van der Waals surface area contributed by atoms with E-state index in [2.05, 4.69) is 36.1 Å². The van der Waals surface area contributed by atoms with E-state index in [0.29, 0.717) is 6.54 Å². The molecule has 1 rings (SSSR count). The number of aromatic amines is 1. The van der Waals surface area contributed by atoms with Gasteiger partial charge in [-0.3, -0.25) is 4.79 Å². The standard InChI is InChI=1S/C13H23N3O/c1-12(2,3)11-15-9(7-10(17)16-11)8-14-13(4,5)6/h7,14H,8H2,1-6H3,(H,15,16,17). The Labute approximate surface area is 103 Å². The molecule has 4 nitrogen and oxygen atoms in total. The van der Waals surface area contributed by atoms with Gasteiger partial charge in [-0.2, -0.15) is 0 Å². The van der Waals surface area contributed by atoms with Gasteiger partial charge >= 0.3 is 0 Å². The molecule has 0 amide bonds. The molecule has 0 aliphatic rings. The summed E-state index contributed by atoms with van der Waals surface area (Å²) in [6, 6.07) is 1.55. The van der Waals surface area contributed by atoms with Crippen molar-refractivity contribution in [2.45, 2.75) is 59.0 Å². The lowest BCUT2D eigenvalue weighted by atomic mass is 9.95. The van der Waals surface area contributed by atoms with Gasteiger partial charge in [0.05, 0.1) is 5.69 Å². The quantitative estimate of drug-likeness (QED) is 0.826. The molecular formula is C13H23N3O. The van der Waals surface area contributed by atoms with Crippen molar-refractivity contribution in [1.82, 2.24) is 15.3 Å². The van der Waals surface area contributed by atoms with Crippen LogP contribution >= 0.6 is 0 Å². The molecule has 1 heterocycles. The number of aromatic nitrogens is 2. The van der Waals surface area contributed by atoms with Gasteiger partial charge in [0, 0.05) is 23.6 Å². The molecular weight excluding hydrogens is 214 g/mol. The molecule has 0 aliphatic heterocycles. The van der Waals surface area contributed by atoms with Crippen LogP contribution in [0.1, 0.15) is 53.1 Å². The molecule has 0 aliphatic carbocycles. The molecule has 96 valence electrons. The van der Waals surface area contributed by atoms with Gasteiger partial charge in [-0.25, -0.2) is 4.98 Å². The molecule has 0 saturated heterocycles. The summed E-state index contributed by atoms with van der Waals surface area (Å²) < 4.78 is 0. The Morgan fingerprint density at radius 1 is 1.24 bits per heavy atom. The van der Waals surface area contributed by atoms with Gasteiger partial charge < -0.3 is 10.3 Å². The van der Waals surface area contributed by atoms with Gasteiger partial charge in [0.25, 0.3) is 5.56 Å². The molecule has 1 aromatic rings. The van der Waals surface area contributed by atoms with Gasteiger partial charge in [-0.1, -0.05) is 20.8 Å². The molecule has 0 radical (unpaired) electrons. The Kier molecular flexibility index (Phi) is 3.77. The first kappa shape index (κ1) is 13.9. The predicted molar refractivity (Wildman–Crippen MR) is 70.2 cm³/mol. The summed E-state index contributed by atoms with van der Waals surface area (Å²) >= 11 is 0. The minimum atomic E-state index is -0.142. The molecule has 0 aromatic carbocycles. The number of hydrogen-bond donors (Lipinski definition) is 2. The third-order valence-electron chi connectivity index (χ3n) is 2.30. The summed E-state index contributed by atoms with van der Waals surface area (Å²) in [5.74, 6) is 0.732. The fourth-order valence-corrected chi connectivity index (χ4v) is 1.31. The van der Waals surface area contributed by atoms with E-state index in [0.717, 1.165) is 11.5 Å². The molecule has 2 N–H and O–H groups in total. The van der Waals surface area contributed by atoms with Crippen LogP contribution in [0.5, 0.6) is 0 Å². The van der Waals surface area contributed by atoms with Crippen molar-refractivity contribution in [2.75, 3.05) is 0 Å². The first-order valence-electron chi connectivity index (χ1n) is 5.94. The molecule has 4 heteroatoms. The molecule has 0 bridgehead atoms. The average Bonchev–Trinajstić information content (AvgIpc) is 2.11. The van der Waals surface area contributed by atoms with Crippen LogP contribution < -0.4 is 10.9 Å². The van der Waals surface area contributed by atoms with Crippen LogP contribution in [0.25, 0.3) is 0 Å². The summed E-state index contributed by atoms with van der Waals surface area (Å²) in [6.07, 6.45) is 0. The highest BCUT2D eigenvalue weighted by atomic mass is 16.1. The van der Waals surface area contributed by atoms with Crippen molar-refractivity contribution in [3.8, 4) is 0 Å². The van der Waals surface area contributed by atoms with Gasteiger partial charge in [-0.15, -0.1) is 0 Å². The SMILES string of the molecule is CC(C)(C)NCc1cc(=O)[nH]c(C(C)(C)C)n1. The molecule has 17 heavy (non-hydrogen) atoms. The predicted octanol–water partition coefficient (Wildman–Crippen LogP) is 1.96. The number of nitrogens with zero attached hydrogens (tertiary/aromatic N) is 1. The minimum Gasteiger partial charge on any atom is -0.310 e. The second-order valence-corrected chi connectivity index (χ2v) is 6.44. The Balaban J connectivity index is 2.95. The Hall–Kier alpha value is -1.16. The zero-order valence-corrected chi connectivity index (χ0v) is 11.6. The summed E-state index contributed by atoms with van der Waals surface area (Å²) in [7, 11) is 0. The molecule has 0 fully saturated rings. The molecule has 1 aromatic heterocycles. The molecule has 0 atom stereocenters. The normalized spacial score (nSPS) is 12.8. The highest BCUT2D eigenvalue weighted by Gasteiger charge is 2.18. The fourth-order valence-electron chi connectivity index (χ4n) is 1.31. The van der Waals surface area contributed by atoms with Crippen LogP contribution in [-0.4, -0.2) is 15.5 Å². The largest absolute Gasteiger partial charge is 0.310 e. The lowest BCUT2D eigenvalue weighted by molar-refractivity contribution is 0.419. The van der Waals surface area contributed by atoms with E-state index >= 15 is 0 Å². The van der Waals surface area contributed by atoms with Crippen LogP contribution in [0.3, 0.4) is 0 Å². The summed E-state index contributed by atoms with van der Waals surface area (Å²) in [6.45, 7) is 13.0. The van der Waals surface area contributed by atoms with Crippen LogP contribution in [0.15, 0.2) is 10.9 Å². The lowest BCUT2D eigenvalue weighted by Gasteiger charge is -2.21. The Bertz CT molecular complexity index is 435. The first-order chi connectivity index (χ1) is 7.58. The summed E-state index contributed by atoms with van der Waals surface area (Å²) in [5, 5.41) is 3.33. The number of nitrogens with one attached hydrogen (secondary N) is 2. The highest BCUT2D eigenvalue weighted by Crippen LogP contribution is 2.16. The van der Waals surface area contributed by atoms with Crippen LogP contribution in [-0.2, 0) is 12.0 Å². The topological polar surface area (TPSA) is 57.8 Å². The first-order valence-corrected chi connectivity index (χ1v) is 5.94. The maximum atomic E-state index is 11.6. The van der Waals surface area contributed by atoms with E-state index in [-0.39, 0.29) is 16.5 Å². The van der Waals surface area contributed by atoms with Crippen molar-refractivity contribution in [3.05, 3.63) is 27.9 Å². The highest BCUT2D eigenvalue weighted by molar-refractivity contribution is 5.08. The number of hydrogen-bond acceptors (Lipinski definition) is 3. The van der Waals surface area contributed by atoms with E-state index in [4.69, 9.17) is 0 Å². The third kappa shape index (κ3) is 4.69. The zero-order valence-electron chi connectivity index (χ0n) is 11.6. The molecule has 0 saturated carbocycles. The van der Waals surface area contributed by atoms with E-state index in [1.54, 1.807) is 6.07 Å². The number of rotatable bonds is 2. The second kappa shape index (κ2) is 4.61. The van der Waals surface area contributed by atoms with E-state index in [9.17, 15) is 4.79 Å². The summed E-state index contributed by atoms with van der Waals surface area (Å²) in [5.41, 5.74) is 0.576. The third-order valence-corrected chi connectivity index (χ3v) is 2.30. The van der Waals surface area contributed by atoms with Crippen molar-refractivity contribution >= 4 is 0 Å². The average molecular weight is 237 g/mol. The van der Waals surface area contributed by atoms with Gasteiger partial charge in [-0.05, 0) is 20.8 Å². The maximum Gasteiger partial charge on any atom is 0.251 e. The monoisotopic (exact) mass is 237 g/mol. The van der Waals surface area contributed by atoms with Gasteiger partial charge in [0.2, 0.25) is 0 Å². The Morgan fingerprint density at radius 2 is 1.82 bits per heavy atom. The second-order valence-electron chi connectivity index (χ2n) is 6.44. The zero-order chi connectivity index (χ0) is 13.3. The van der Waals surface area contributed by atoms with Crippen LogP contribution in [0.4, 0.5) is 0 Å². The van der Waals surface area contributed by atoms with E-state index < -0.39 is 0 Å². The minimum absolute atomic E-state index is 0.0200. The molecule has 0 spiro atoms. The van der Waals surface area contributed by atoms with Gasteiger partial charge in [0.1, 0.15) is 5.82 Å². The summed E-state index contributed by atoms with van der Waals surface area (Å²) in [4.78, 5) is 18.8. The van der Waals surface area contributed by atoms with Crippen molar-refractivity contribution in [3.63, 3.8) is 0 Å². The Morgan fingerprint density at radius 3 is 2.29 bits per heavy atom. The van der Waals surface area contributed by atoms with Crippen molar-refractivity contribution in [1.29, 1.82) is 0 Å². The van der Waals surface area contributed by atoms with E-state index in [1.165, 1.54) is 0 Å². The lowest BCUT2D eigenvalue weighted by Crippen LogP contribution is -2.36. The molecule has 0 unspecified atom stereocenters. The van der Waals surface area contributed by atoms with Crippen molar-refractivity contribution in [2.24, 2.45) is 0 Å².